The first kappa shape index (κ1) is 15.1. The topological polar surface area (TPSA) is 0 Å². The van der Waals surface area contributed by atoms with Crippen LogP contribution in [0.25, 0.3) is 0 Å². The first-order valence-corrected chi connectivity index (χ1v) is 7.94. The molecule has 0 N–H and O–H groups in total. The molecule has 0 bridgehead atoms. The van der Waals surface area contributed by atoms with Crippen LogP contribution in [0.1, 0.15) is 29.2 Å². The zero-order valence-electron chi connectivity index (χ0n) is 12.4. The highest BCUT2D eigenvalue weighted by molar-refractivity contribution is 6.18. The maximum atomic E-state index is 6.16. The van der Waals surface area contributed by atoms with Gasteiger partial charge in [0.1, 0.15) is 0 Å². The molecule has 0 saturated heterocycles. The van der Waals surface area contributed by atoms with E-state index in [-0.39, 0.29) is 0 Å². The molecule has 0 nitrogen and oxygen atoms in total. The molecule has 0 aliphatic heterocycles. The summed E-state index contributed by atoms with van der Waals surface area (Å²) in [6.07, 6.45) is 3.21. The van der Waals surface area contributed by atoms with E-state index in [4.69, 9.17) is 11.6 Å². The maximum absolute atomic E-state index is 6.16. The number of aryl methyl sites for hydroxylation is 2. The molecule has 0 saturated carbocycles. The highest BCUT2D eigenvalue weighted by atomic mass is 35.5. The van der Waals surface area contributed by atoms with E-state index in [1.165, 1.54) is 22.3 Å². The van der Waals surface area contributed by atoms with Crippen molar-refractivity contribution in [2.24, 2.45) is 5.92 Å². The van der Waals surface area contributed by atoms with Gasteiger partial charge in [-0.1, -0.05) is 61.0 Å². The van der Waals surface area contributed by atoms with Crippen LogP contribution in [-0.4, -0.2) is 5.88 Å². The van der Waals surface area contributed by atoms with Crippen molar-refractivity contribution in [3.8, 4) is 0 Å². The Kier molecular flexibility index (Phi) is 5.67. The lowest BCUT2D eigenvalue weighted by molar-refractivity contribution is 0.584. The molecule has 0 aromatic heterocycles. The molecule has 0 aliphatic rings. The van der Waals surface area contributed by atoms with Gasteiger partial charge >= 0.3 is 0 Å². The van der Waals surface area contributed by atoms with Gasteiger partial charge in [-0.15, -0.1) is 11.6 Å². The van der Waals surface area contributed by atoms with Crippen LogP contribution in [0.15, 0.2) is 48.5 Å². The molecule has 20 heavy (non-hydrogen) atoms. The number of hydrogen-bond donors (Lipinski definition) is 0. The van der Waals surface area contributed by atoms with Gasteiger partial charge in [-0.25, -0.2) is 0 Å². The van der Waals surface area contributed by atoms with Gasteiger partial charge in [-0.05, 0) is 48.8 Å². The predicted octanol–water partition coefficient (Wildman–Crippen LogP) is 5.20. The molecule has 1 unspecified atom stereocenters. The minimum Gasteiger partial charge on any atom is -0.126 e. The molecule has 0 aliphatic carbocycles. The Morgan fingerprint density at radius 2 is 1.25 bits per heavy atom. The summed E-state index contributed by atoms with van der Waals surface area (Å²) in [7, 11) is 0. The van der Waals surface area contributed by atoms with Crippen molar-refractivity contribution in [2.75, 3.05) is 5.88 Å². The fraction of sp³-hybridized carbons (Fsp3) is 0.368. The standard InChI is InChI=1S/C19H23Cl/c1-3-16-8-10-18(11-9-16)13-19(14-20)12-17-6-4-15(2)5-7-17/h4-11,19H,3,12-14H2,1-2H3. The van der Waals surface area contributed by atoms with Crippen LogP contribution >= 0.6 is 11.6 Å². The van der Waals surface area contributed by atoms with Crippen molar-refractivity contribution in [3.05, 3.63) is 70.8 Å². The number of halogens is 1. The lowest BCUT2D eigenvalue weighted by Gasteiger charge is -2.14. The summed E-state index contributed by atoms with van der Waals surface area (Å²) in [4.78, 5) is 0. The van der Waals surface area contributed by atoms with Crippen molar-refractivity contribution >= 4 is 11.6 Å². The Morgan fingerprint density at radius 3 is 1.70 bits per heavy atom. The van der Waals surface area contributed by atoms with Crippen molar-refractivity contribution in [2.45, 2.75) is 33.1 Å². The monoisotopic (exact) mass is 286 g/mol. The Bertz CT molecular complexity index is 510. The molecule has 106 valence electrons. The van der Waals surface area contributed by atoms with Gasteiger partial charge in [0.25, 0.3) is 0 Å². The minimum absolute atomic E-state index is 0.506. The summed E-state index contributed by atoms with van der Waals surface area (Å²) >= 11 is 6.16. The average Bonchev–Trinajstić information content (AvgIpc) is 2.49. The Morgan fingerprint density at radius 1 is 0.800 bits per heavy atom. The maximum Gasteiger partial charge on any atom is 0.0258 e. The van der Waals surface area contributed by atoms with E-state index in [2.05, 4.69) is 62.4 Å². The third-order valence-electron chi connectivity index (χ3n) is 3.82. The van der Waals surface area contributed by atoms with E-state index < -0.39 is 0 Å². The first-order valence-electron chi connectivity index (χ1n) is 7.40. The predicted molar refractivity (Wildman–Crippen MR) is 88.6 cm³/mol. The number of rotatable bonds is 6. The van der Waals surface area contributed by atoms with Crippen LogP contribution in [0.3, 0.4) is 0 Å². The molecular formula is C19H23Cl. The van der Waals surface area contributed by atoms with Crippen LogP contribution in [0, 0.1) is 12.8 Å². The Hall–Kier alpha value is -1.27. The third-order valence-corrected chi connectivity index (χ3v) is 4.26. The molecule has 2 aromatic rings. The van der Waals surface area contributed by atoms with Gasteiger partial charge in [0, 0.05) is 5.88 Å². The van der Waals surface area contributed by atoms with E-state index >= 15 is 0 Å². The summed E-state index contributed by atoms with van der Waals surface area (Å²) in [6.45, 7) is 4.31. The van der Waals surface area contributed by atoms with Gasteiger partial charge in [-0.3, -0.25) is 0 Å². The van der Waals surface area contributed by atoms with Crippen molar-refractivity contribution in [3.63, 3.8) is 0 Å². The van der Waals surface area contributed by atoms with Gasteiger partial charge in [0.2, 0.25) is 0 Å². The lowest BCUT2D eigenvalue weighted by atomic mass is 9.93. The average molecular weight is 287 g/mol. The molecule has 2 rings (SSSR count). The van der Waals surface area contributed by atoms with Crippen molar-refractivity contribution in [1.82, 2.24) is 0 Å². The third kappa shape index (κ3) is 4.38. The van der Waals surface area contributed by atoms with Crippen LogP contribution in [0.4, 0.5) is 0 Å². The van der Waals surface area contributed by atoms with Crippen molar-refractivity contribution < 1.29 is 0 Å². The van der Waals surface area contributed by atoms with Gasteiger partial charge in [0.05, 0.1) is 0 Å². The second-order valence-corrected chi connectivity index (χ2v) is 5.89. The fourth-order valence-corrected chi connectivity index (χ4v) is 2.70. The zero-order chi connectivity index (χ0) is 14.4. The van der Waals surface area contributed by atoms with Crippen LogP contribution in [0.5, 0.6) is 0 Å². The van der Waals surface area contributed by atoms with Crippen molar-refractivity contribution in [1.29, 1.82) is 0 Å². The second-order valence-electron chi connectivity index (χ2n) is 5.58. The SMILES string of the molecule is CCc1ccc(CC(CCl)Cc2ccc(C)cc2)cc1. The summed E-state index contributed by atoms with van der Waals surface area (Å²) < 4.78 is 0. The highest BCUT2D eigenvalue weighted by Crippen LogP contribution is 2.17. The fourth-order valence-electron chi connectivity index (χ4n) is 2.48. The van der Waals surface area contributed by atoms with Gasteiger partial charge in [0.15, 0.2) is 0 Å². The van der Waals surface area contributed by atoms with Crippen LogP contribution < -0.4 is 0 Å². The molecule has 0 fully saturated rings. The van der Waals surface area contributed by atoms with E-state index in [1.807, 2.05) is 0 Å². The molecular weight excluding hydrogens is 264 g/mol. The summed E-state index contributed by atoms with van der Waals surface area (Å²) in [5.74, 6) is 1.22. The van der Waals surface area contributed by atoms with E-state index in [0.29, 0.717) is 11.8 Å². The molecule has 1 atom stereocenters. The quantitative estimate of drug-likeness (QED) is 0.641. The van der Waals surface area contributed by atoms with E-state index in [9.17, 15) is 0 Å². The molecule has 0 radical (unpaired) electrons. The van der Waals surface area contributed by atoms with Crippen LogP contribution in [-0.2, 0) is 19.3 Å². The first-order chi connectivity index (χ1) is 9.71. The molecule has 0 heterocycles. The van der Waals surface area contributed by atoms with Gasteiger partial charge < -0.3 is 0 Å². The van der Waals surface area contributed by atoms with E-state index in [0.717, 1.165) is 19.3 Å². The minimum atomic E-state index is 0.506. The number of alkyl halides is 1. The number of hydrogen-bond acceptors (Lipinski definition) is 0. The lowest BCUT2D eigenvalue weighted by Crippen LogP contribution is -2.10. The van der Waals surface area contributed by atoms with E-state index in [1.54, 1.807) is 0 Å². The largest absolute Gasteiger partial charge is 0.126 e. The molecule has 1 heteroatoms. The summed E-state index contributed by atoms with van der Waals surface area (Å²) in [5, 5.41) is 0. The highest BCUT2D eigenvalue weighted by Gasteiger charge is 2.10. The zero-order valence-corrected chi connectivity index (χ0v) is 13.2. The van der Waals surface area contributed by atoms with Crippen LogP contribution in [0.2, 0.25) is 0 Å². The Balaban J connectivity index is 1.99. The molecule has 0 spiro atoms. The molecule has 0 amide bonds. The number of benzene rings is 2. The summed E-state index contributed by atoms with van der Waals surface area (Å²) in [6, 6.07) is 17.7. The molecule has 2 aromatic carbocycles. The van der Waals surface area contributed by atoms with Gasteiger partial charge in [-0.2, -0.15) is 0 Å². The summed E-state index contributed by atoms with van der Waals surface area (Å²) in [5.41, 5.74) is 5.48. The Labute approximate surface area is 127 Å². The second kappa shape index (κ2) is 7.50. The normalized spacial score (nSPS) is 12.3. The smallest absolute Gasteiger partial charge is 0.0258 e.